The maximum absolute atomic E-state index is 11.6. The quantitative estimate of drug-likeness (QED) is 0.804. The highest BCUT2D eigenvalue weighted by molar-refractivity contribution is 6.10. The highest BCUT2D eigenvalue weighted by Gasteiger charge is 2.24. The van der Waals surface area contributed by atoms with Crippen LogP contribution in [0.2, 0.25) is 0 Å². The Labute approximate surface area is 100 Å². The minimum atomic E-state index is -1.50. The van der Waals surface area contributed by atoms with Crippen LogP contribution in [0.25, 0.3) is 10.8 Å². The smallest absolute Gasteiger partial charge is 0.372 e. The van der Waals surface area contributed by atoms with Crippen molar-refractivity contribution >= 4 is 22.7 Å². The van der Waals surface area contributed by atoms with Gasteiger partial charge in [0.05, 0.1) is 12.5 Å². The average Bonchev–Trinajstić information content (AvgIpc) is 2.37. The number of hydrogen-bond acceptors (Lipinski definition) is 5. The van der Waals surface area contributed by atoms with Crippen molar-refractivity contribution in [2.75, 3.05) is 7.11 Å². The molecular formula is C12H8O6. The summed E-state index contributed by atoms with van der Waals surface area (Å²) in [5.74, 6) is -3.09. The molecule has 0 aliphatic carbocycles. The van der Waals surface area contributed by atoms with E-state index in [0.29, 0.717) is 0 Å². The van der Waals surface area contributed by atoms with Gasteiger partial charge in [0.1, 0.15) is 5.56 Å². The van der Waals surface area contributed by atoms with E-state index in [4.69, 9.17) is 5.11 Å². The maximum Gasteiger partial charge on any atom is 0.372 e. The third-order valence-corrected chi connectivity index (χ3v) is 2.42. The Morgan fingerprint density at radius 2 is 1.83 bits per heavy atom. The molecule has 92 valence electrons. The van der Waals surface area contributed by atoms with Crippen LogP contribution < -0.4 is 5.63 Å². The monoisotopic (exact) mass is 248 g/mol. The zero-order valence-corrected chi connectivity index (χ0v) is 9.30. The number of hydrogen-bond donors (Lipinski definition) is 1. The number of benzene rings is 1. The molecule has 2 rings (SSSR count). The van der Waals surface area contributed by atoms with Crippen LogP contribution in [0, 0.1) is 0 Å². The zero-order chi connectivity index (χ0) is 13.3. The van der Waals surface area contributed by atoms with Crippen LogP contribution in [0.4, 0.5) is 0 Å². The molecule has 1 heterocycles. The van der Waals surface area contributed by atoms with Crippen molar-refractivity contribution in [2.24, 2.45) is 0 Å². The number of esters is 1. The van der Waals surface area contributed by atoms with Gasteiger partial charge >= 0.3 is 17.6 Å². The average molecular weight is 248 g/mol. The van der Waals surface area contributed by atoms with Crippen molar-refractivity contribution in [2.45, 2.75) is 0 Å². The largest absolute Gasteiger partial charge is 0.475 e. The summed E-state index contributed by atoms with van der Waals surface area (Å²) >= 11 is 0. The van der Waals surface area contributed by atoms with Gasteiger partial charge in [-0.25, -0.2) is 14.4 Å². The molecule has 0 unspecified atom stereocenters. The molecule has 0 atom stereocenters. The van der Waals surface area contributed by atoms with Crippen molar-refractivity contribution in [3.63, 3.8) is 0 Å². The Morgan fingerprint density at radius 3 is 2.39 bits per heavy atom. The van der Waals surface area contributed by atoms with E-state index >= 15 is 0 Å². The summed E-state index contributed by atoms with van der Waals surface area (Å²) in [6.45, 7) is 0. The molecule has 0 spiro atoms. The first-order chi connectivity index (χ1) is 8.56. The fourth-order valence-corrected chi connectivity index (χ4v) is 1.66. The lowest BCUT2D eigenvalue weighted by atomic mass is 10.1. The molecule has 0 fully saturated rings. The second kappa shape index (κ2) is 4.33. The lowest BCUT2D eigenvalue weighted by Crippen LogP contribution is -2.15. The van der Waals surface area contributed by atoms with E-state index in [1.807, 2.05) is 0 Å². The third-order valence-electron chi connectivity index (χ3n) is 2.42. The summed E-state index contributed by atoms with van der Waals surface area (Å²) in [6.07, 6.45) is 0. The van der Waals surface area contributed by atoms with Crippen LogP contribution in [0.15, 0.2) is 33.5 Å². The van der Waals surface area contributed by atoms with Gasteiger partial charge in [-0.2, -0.15) is 0 Å². The predicted octanol–water partition coefficient (Wildman–Crippen LogP) is 1.28. The minimum absolute atomic E-state index is 0.128. The first kappa shape index (κ1) is 11.8. The first-order valence-electron chi connectivity index (χ1n) is 4.93. The number of carboxylic acids is 1. The van der Waals surface area contributed by atoms with Crippen molar-refractivity contribution in [3.05, 3.63) is 46.0 Å². The number of carbonyl (C=O) groups excluding carboxylic acids is 1. The van der Waals surface area contributed by atoms with Crippen molar-refractivity contribution in [1.82, 2.24) is 0 Å². The Morgan fingerprint density at radius 1 is 1.22 bits per heavy atom. The normalized spacial score (nSPS) is 10.3. The summed E-state index contributed by atoms with van der Waals surface area (Å²) in [6, 6.07) is 6.07. The van der Waals surface area contributed by atoms with E-state index < -0.39 is 23.3 Å². The summed E-state index contributed by atoms with van der Waals surface area (Å²) < 4.78 is 9.16. The van der Waals surface area contributed by atoms with Gasteiger partial charge in [0.15, 0.2) is 0 Å². The lowest BCUT2D eigenvalue weighted by molar-refractivity contribution is 0.0567. The van der Waals surface area contributed by atoms with E-state index in [9.17, 15) is 14.4 Å². The van der Waals surface area contributed by atoms with Crippen molar-refractivity contribution < 1.29 is 23.8 Å². The van der Waals surface area contributed by atoms with Crippen LogP contribution >= 0.6 is 0 Å². The van der Waals surface area contributed by atoms with Gasteiger partial charge in [-0.05, 0) is 6.07 Å². The molecule has 0 bridgehead atoms. The molecule has 1 N–H and O–H groups in total. The molecule has 1 aromatic heterocycles. The topological polar surface area (TPSA) is 93.8 Å². The summed E-state index contributed by atoms with van der Waals surface area (Å²) in [5.41, 5.74) is -1.07. The fraction of sp³-hybridized carbons (Fsp3) is 0.0833. The summed E-state index contributed by atoms with van der Waals surface area (Å²) in [5, 5.41) is 9.27. The molecule has 0 aliphatic rings. The van der Waals surface area contributed by atoms with Crippen LogP contribution in [-0.2, 0) is 4.74 Å². The number of fused-ring (bicyclic) bond motifs is 1. The third kappa shape index (κ3) is 1.73. The Balaban J connectivity index is 2.97. The minimum Gasteiger partial charge on any atom is -0.475 e. The van der Waals surface area contributed by atoms with Crippen LogP contribution in [0.1, 0.15) is 20.9 Å². The molecule has 0 amide bonds. The number of methoxy groups -OCH3 is 1. The lowest BCUT2D eigenvalue weighted by Gasteiger charge is -2.06. The Hall–Kier alpha value is -2.63. The number of carbonyl (C=O) groups is 2. The molecule has 0 aliphatic heterocycles. The predicted molar refractivity (Wildman–Crippen MR) is 60.8 cm³/mol. The molecule has 2 aromatic rings. The molecule has 0 saturated carbocycles. The van der Waals surface area contributed by atoms with E-state index in [1.54, 1.807) is 12.1 Å². The van der Waals surface area contributed by atoms with E-state index in [1.165, 1.54) is 12.1 Å². The highest BCUT2D eigenvalue weighted by atomic mass is 16.5. The molecule has 0 saturated heterocycles. The van der Waals surface area contributed by atoms with E-state index in [-0.39, 0.29) is 16.3 Å². The van der Waals surface area contributed by atoms with Crippen LogP contribution in [0.3, 0.4) is 0 Å². The van der Waals surface area contributed by atoms with E-state index in [0.717, 1.165) is 7.11 Å². The van der Waals surface area contributed by atoms with Gasteiger partial charge in [-0.15, -0.1) is 0 Å². The van der Waals surface area contributed by atoms with Crippen molar-refractivity contribution in [1.29, 1.82) is 0 Å². The number of carboxylic acid groups (broad SMARTS) is 1. The molecule has 18 heavy (non-hydrogen) atoms. The zero-order valence-electron chi connectivity index (χ0n) is 9.30. The van der Waals surface area contributed by atoms with Crippen LogP contribution in [0.5, 0.6) is 0 Å². The first-order valence-corrected chi connectivity index (χ1v) is 4.93. The van der Waals surface area contributed by atoms with Gasteiger partial charge in [-0.1, -0.05) is 18.2 Å². The van der Waals surface area contributed by atoms with Crippen LogP contribution in [-0.4, -0.2) is 24.2 Å². The van der Waals surface area contributed by atoms with Gasteiger partial charge in [0.2, 0.25) is 5.76 Å². The van der Waals surface area contributed by atoms with Gasteiger partial charge in [0, 0.05) is 5.39 Å². The standard InChI is InChI=1S/C12H8O6/c1-17-12(16)8-6-4-2-3-5-7(6)11(15)18-9(8)10(13)14/h2-5H,1H3,(H,13,14). The number of rotatable bonds is 2. The summed E-state index contributed by atoms with van der Waals surface area (Å²) in [7, 11) is 1.12. The number of aromatic carboxylic acids is 1. The van der Waals surface area contributed by atoms with Gasteiger partial charge < -0.3 is 14.3 Å². The molecule has 6 nitrogen and oxygen atoms in total. The van der Waals surface area contributed by atoms with Crippen molar-refractivity contribution in [3.8, 4) is 0 Å². The van der Waals surface area contributed by atoms with Gasteiger partial charge in [-0.3, -0.25) is 0 Å². The highest BCUT2D eigenvalue weighted by Crippen LogP contribution is 2.20. The fourth-order valence-electron chi connectivity index (χ4n) is 1.66. The molecule has 6 heteroatoms. The molecule has 0 radical (unpaired) electrons. The number of ether oxygens (including phenoxy) is 1. The second-order valence-corrected chi connectivity index (χ2v) is 3.44. The van der Waals surface area contributed by atoms with Gasteiger partial charge in [0.25, 0.3) is 0 Å². The maximum atomic E-state index is 11.6. The Kier molecular flexibility index (Phi) is 2.85. The molecule has 1 aromatic carbocycles. The van der Waals surface area contributed by atoms with E-state index in [2.05, 4.69) is 9.15 Å². The summed E-state index contributed by atoms with van der Waals surface area (Å²) in [4.78, 5) is 34.2. The molecular weight excluding hydrogens is 240 g/mol. The Bertz CT molecular complexity index is 697. The second-order valence-electron chi connectivity index (χ2n) is 3.44. The SMILES string of the molecule is COC(=O)c1c(C(=O)O)oc(=O)c2ccccc12.